The van der Waals surface area contributed by atoms with Gasteiger partial charge in [0.05, 0.1) is 24.7 Å². The summed E-state index contributed by atoms with van der Waals surface area (Å²) in [6.07, 6.45) is 4.27. The summed E-state index contributed by atoms with van der Waals surface area (Å²) in [5, 5.41) is 11.0. The Morgan fingerprint density at radius 3 is 2.81 bits per heavy atom. The molecule has 4 rings (SSSR count). The Morgan fingerprint density at radius 1 is 1.19 bits per heavy atom. The molecule has 2 heterocycles. The SMILES string of the molecule is COc1ccc2nccc([C@H](N)CC[C@@H]3CCN(CC#Cc4cc(F)cc(F)c4F)C[C@@H]3CO)c2c1. The van der Waals surface area contributed by atoms with Gasteiger partial charge < -0.3 is 15.6 Å². The number of halogens is 3. The summed E-state index contributed by atoms with van der Waals surface area (Å²) in [6.45, 7) is 1.77. The first-order chi connectivity index (χ1) is 17.4. The Bertz CT molecular complexity index is 1270. The fraction of sp³-hybridized carbons (Fsp3) is 0.393. The van der Waals surface area contributed by atoms with E-state index in [2.05, 4.69) is 21.7 Å². The van der Waals surface area contributed by atoms with E-state index >= 15 is 0 Å². The summed E-state index contributed by atoms with van der Waals surface area (Å²) in [4.78, 5) is 6.49. The number of likely N-dealkylation sites (tertiary alicyclic amines) is 1. The monoisotopic (exact) mass is 497 g/mol. The maximum absolute atomic E-state index is 13.8. The molecule has 2 aromatic carbocycles. The van der Waals surface area contributed by atoms with Crippen molar-refractivity contribution in [3.63, 3.8) is 0 Å². The van der Waals surface area contributed by atoms with Gasteiger partial charge in [-0.15, -0.1) is 0 Å². The Kier molecular flexibility index (Phi) is 8.47. The number of pyridine rings is 1. The van der Waals surface area contributed by atoms with Crippen molar-refractivity contribution in [3.8, 4) is 17.6 Å². The lowest BCUT2D eigenvalue weighted by Gasteiger charge is -2.37. The number of aliphatic hydroxyl groups excluding tert-OH is 1. The average Bonchev–Trinajstić information content (AvgIpc) is 2.89. The molecule has 0 aliphatic carbocycles. The Hall–Kier alpha value is -3.12. The van der Waals surface area contributed by atoms with Crippen molar-refractivity contribution >= 4 is 10.9 Å². The molecule has 0 saturated carbocycles. The lowest BCUT2D eigenvalue weighted by molar-refractivity contribution is 0.0738. The molecule has 8 heteroatoms. The normalized spacial score (nSPS) is 19.1. The van der Waals surface area contributed by atoms with Crippen molar-refractivity contribution in [2.75, 3.05) is 33.4 Å². The summed E-state index contributed by atoms with van der Waals surface area (Å²) in [5.41, 5.74) is 8.19. The van der Waals surface area contributed by atoms with E-state index < -0.39 is 17.5 Å². The molecule has 190 valence electrons. The van der Waals surface area contributed by atoms with E-state index in [1.807, 2.05) is 24.3 Å². The standard InChI is InChI=1S/C28H30F3N3O2/c1-36-22-5-7-27-24(15-22)23(8-10-33-27)26(32)6-4-18-9-12-34(16-20(18)17-35)11-2-3-19-13-21(29)14-25(30)28(19)31/h5,7-8,10,13-15,18,20,26,35H,4,6,9,11-12,16-17,32H2,1H3/t18-,20-,26-/m1/s1. The van der Waals surface area contributed by atoms with Crippen LogP contribution < -0.4 is 10.5 Å². The number of rotatable bonds is 7. The third kappa shape index (κ3) is 5.98. The second kappa shape index (κ2) is 11.7. The van der Waals surface area contributed by atoms with Gasteiger partial charge in [-0.1, -0.05) is 11.8 Å². The van der Waals surface area contributed by atoms with Gasteiger partial charge in [0.25, 0.3) is 0 Å². The molecule has 3 N–H and O–H groups in total. The number of benzene rings is 2. The molecule has 3 atom stereocenters. The second-order valence-electron chi connectivity index (χ2n) is 9.24. The molecule has 3 aromatic rings. The number of ether oxygens (including phenoxy) is 1. The highest BCUT2D eigenvalue weighted by Crippen LogP contribution is 2.32. The quantitative estimate of drug-likeness (QED) is 0.374. The number of aromatic nitrogens is 1. The highest BCUT2D eigenvalue weighted by molar-refractivity contribution is 5.83. The molecule has 1 fully saturated rings. The molecule has 1 aliphatic rings. The molecule has 0 unspecified atom stereocenters. The van der Waals surface area contributed by atoms with Crippen LogP contribution in [-0.2, 0) is 0 Å². The third-order valence-electron chi connectivity index (χ3n) is 6.96. The molecule has 0 amide bonds. The van der Waals surface area contributed by atoms with Gasteiger partial charge in [-0.25, -0.2) is 13.2 Å². The van der Waals surface area contributed by atoms with Gasteiger partial charge in [0.2, 0.25) is 0 Å². The van der Waals surface area contributed by atoms with Crippen LogP contribution in [0.2, 0.25) is 0 Å². The van der Waals surface area contributed by atoms with Crippen molar-refractivity contribution in [3.05, 3.63) is 71.2 Å². The first-order valence-corrected chi connectivity index (χ1v) is 12.0. The predicted molar refractivity (Wildman–Crippen MR) is 133 cm³/mol. The molecule has 1 aromatic heterocycles. The van der Waals surface area contributed by atoms with E-state index in [-0.39, 0.29) is 24.1 Å². The topological polar surface area (TPSA) is 71.6 Å². The van der Waals surface area contributed by atoms with Gasteiger partial charge in [-0.05, 0) is 73.5 Å². The van der Waals surface area contributed by atoms with Crippen molar-refractivity contribution < 1.29 is 23.0 Å². The van der Waals surface area contributed by atoms with Crippen LogP contribution >= 0.6 is 0 Å². The molecule has 1 saturated heterocycles. The van der Waals surface area contributed by atoms with E-state index in [4.69, 9.17) is 10.5 Å². The number of nitrogens with zero attached hydrogens (tertiary/aromatic N) is 2. The van der Waals surface area contributed by atoms with Crippen LogP contribution in [0.1, 0.15) is 36.4 Å². The molecule has 0 radical (unpaired) electrons. The Morgan fingerprint density at radius 2 is 2.03 bits per heavy atom. The third-order valence-corrected chi connectivity index (χ3v) is 6.96. The molecular weight excluding hydrogens is 467 g/mol. The average molecular weight is 498 g/mol. The molecule has 36 heavy (non-hydrogen) atoms. The molecule has 5 nitrogen and oxygen atoms in total. The van der Waals surface area contributed by atoms with Crippen molar-refractivity contribution in [1.82, 2.24) is 9.88 Å². The number of aliphatic hydroxyl groups is 1. The summed E-state index contributed by atoms with van der Waals surface area (Å²) in [6, 6.07) is 8.91. The largest absolute Gasteiger partial charge is 0.497 e. The lowest BCUT2D eigenvalue weighted by atomic mass is 9.81. The van der Waals surface area contributed by atoms with Crippen LogP contribution in [-0.4, -0.2) is 48.3 Å². The molecule has 0 bridgehead atoms. The van der Waals surface area contributed by atoms with E-state index in [0.29, 0.717) is 25.1 Å². The summed E-state index contributed by atoms with van der Waals surface area (Å²) in [5.74, 6) is 3.20. The Balaban J connectivity index is 1.35. The van der Waals surface area contributed by atoms with E-state index in [9.17, 15) is 18.3 Å². The molecular formula is C28H30F3N3O2. The minimum atomic E-state index is -1.25. The van der Waals surface area contributed by atoms with Gasteiger partial charge in [0, 0.05) is 36.8 Å². The van der Waals surface area contributed by atoms with Gasteiger partial charge in [-0.3, -0.25) is 9.88 Å². The van der Waals surface area contributed by atoms with Crippen LogP contribution in [0, 0.1) is 41.1 Å². The van der Waals surface area contributed by atoms with E-state index in [1.54, 1.807) is 13.3 Å². The van der Waals surface area contributed by atoms with Gasteiger partial charge in [-0.2, -0.15) is 0 Å². The first-order valence-electron chi connectivity index (χ1n) is 12.0. The highest BCUT2D eigenvalue weighted by Gasteiger charge is 2.29. The second-order valence-corrected chi connectivity index (χ2v) is 9.24. The fourth-order valence-electron chi connectivity index (χ4n) is 4.93. The Labute approximate surface area is 209 Å². The minimum absolute atomic E-state index is 0.0446. The predicted octanol–water partition coefficient (Wildman–Crippen LogP) is 4.42. The maximum atomic E-state index is 13.8. The maximum Gasteiger partial charge on any atom is 0.174 e. The van der Waals surface area contributed by atoms with Crippen LogP contribution in [0.4, 0.5) is 13.2 Å². The number of methoxy groups -OCH3 is 1. The van der Waals surface area contributed by atoms with Crippen molar-refractivity contribution in [2.45, 2.75) is 25.3 Å². The lowest BCUT2D eigenvalue weighted by Crippen LogP contribution is -2.42. The highest BCUT2D eigenvalue weighted by atomic mass is 19.2. The summed E-state index contributed by atoms with van der Waals surface area (Å²) >= 11 is 0. The first kappa shape index (κ1) is 26.0. The zero-order valence-corrected chi connectivity index (χ0v) is 20.2. The number of piperidine rings is 1. The minimum Gasteiger partial charge on any atom is -0.497 e. The zero-order chi connectivity index (χ0) is 25.7. The van der Waals surface area contributed by atoms with Crippen LogP contribution in [0.5, 0.6) is 5.75 Å². The zero-order valence-electron chi connectivity index (χ0n) is 20.2. The number of hydrogen-bond acceptors (Lipinski definition) is 5. The van der Waals surface area contributed by atoms with Crippen LogP contribution in [0.15, 0.2) is 42.6 Å². The van der Waals surface area contributed by atoms with Crippen LogP contribution in [0.25, 0.3) is 10.9 Å². The molecule has 0 spiro atoms. The van der Waals surface area contributed by atoms with E-state index in [1.165, 1.54) is 0 Å². The summed E-state index contributed by atoms with van der Waals surface area (Å²) in [7, 11) is 1.63. The van der Waals surface area contributed by atoms with Crippen molar-refractivity contribution in [2.24, 2.45) is 17.6 Å². The number of hydrogen-bond donors (Lipinski definition) is 2. The van der Waals surface area contributed by atoms with Gasteiger partial charge in [0.15, 0.2) is 11.6 Å². The van der Waals surface area contributed by atoms with Crippen LogP contribution in [0.3, 0.4) is 0 Å². The number of fused-ring (bicyclic) bond motifs is 1. The smallest absolute Gasteiger partial charge is 0.174 e. The van der Waals surface area contributed by atoms with Crippen molar-refractivity contribution in [1.29, 1.82) is 0 Å². The molecule has 1 aliphatic heterocycles. The fourth-order valence-corrected chi connectivity index (χ4v) is 4.93. The van der Waals surface area contributed by atoms with E-state index in [0.717, 1.165) is 54.1 Å². The van der Waals surface area contributed by atoms with Gasteiger partial charge >= 0.3 is 0 Å². The van der Waals surface area contributed by atoms with Gasteiger partial charge in [0.1, 0.15) is 11.6 Å². The number of nitrogens with two attached hydrogens (primary N) is 1. The summed E-state index contributed by atoms with van der Waals surface area (Å²) < 4.78 is 45.9.